The summed E-state index contributed by atoms with van der Waals surface area (Å²) in [5, 5.41) is 15.9. The van der Waals surface area contributed by atoms with Crippen molar-refractivity contribution in [3.8, 4) is 0 Å². The van der Waals surface area contributed by atoms with Gasteiger partial charge in [-0.05, 0) is 44.4 Å². The van der Waals surface area contributed by atoms with Crippen LogP contribution >= 0.6 is 0 Å². The number of anilines is 1. The van der Waals surface area contributed by atoms with Gasteiger partial charge in [0, 0.05) is 17.7 Å². The summed E-state index contributed by atoms with van der Waals surface area (Å²) < 4.78 is 0. The van der Waals surface area contributed by atoms with Crippen molar-refractivity contribution in [1.29, 1.82) is 0 Å². The highest BCUT2D eigenvalue weighted by Gasteiger charge is 2.34. The Balaban J connectivity index is 2.08. The van der Waals surface area contributed by atoms with E-state index in [9.17, 15) is 4.79 Å². The van der Waals surface area contributed by atoms with Crippen LogP contribution in [-0.2, 0) is 4.79 Å². The maximum atomic E-state index is 12.5. The Hall–Kier alpha value is -2.27. The minimum atomic E-state index is -0.348. The number of fused-ring (bicyclic) bond motifs is 1. The van der Waals surface area contributed by atoms with Gasteiger partial charge in [-0.3, -0.25) is 4.79 Å². The topological polar surface area (TPSA) is 65.8 Å². The van der Waals surface area contributed by atoms with Gasteiger partial charge in [0.2, 0.25) is 0 Å². The minimum Gasteiger partial charge on any atom is -0.396 e. The third-order valence-corrected chi connectivity index (χ3v) is 4.14. The van der Waals surface area contributed by atoms with Gasteiger partial charge in [0.05, 0.1) is 11.4 Å². The fourth-order valence-electron chi connectivity index (χ4n) is 2.88. The number of aryl methyl sites for hydroxylation is 2. The molecule has 1 unspecified atom stereocenters. The van der Waals surface area contributed by atoms with E-state index in [4.69, 9.17) is 5.11 Å². The van der Waals surface area contributed by atoms with Crippen LogP contribution in [0.5, 0.6) is 0 Å². The highest BCUT2D eigenvalue weighted by molar-refractivity contribution is 6.14. The van der Waals surface area contributed by atoms with E-state index in [1.165, 1.54) is 5.01 Å². The fourth-order valence-corrected chi connectivity index (χ4v) is 2.88. The second-order valence-corrected chi connectivity index (χ2v) is 5.72. The Morgan fingerprint density at radius 2 is 2.00 bits per heavy atom. The number of aliphatic hydroxyl groups is 1. The number of carbonyl (C=O) groups is 1. The molecule has 1 aliphatic rings. The SMILES string of the molecule is CC1=NN(c2cc(C)c3cccc(C)c3n2)C(=O)C1CCO. The van der Waals surface area contributed by atoms with Crippen LogP contribution in [0.1, 0.15) is 24.5 Å². The third-order valence-electron chi connectivity index (χ3n) is 4.14. The van der Waals surface area contributed by atoms with Gasteiger partial charge in [-0.1, -0.05) is 18.2 Å². The van der Waals surface area contributed by atoms with E-state index >= 15 is 0 Å². The number of amides is 1. The molecular weight excluding hydrogens is 278 g/mol. The average Bonchev–Trinajstić information content (AvgIpc) is 2.77. The largest absolute Gasteiger partial charge is 0.396 e. The van der Waals surface area contributed by atoms with Crippen molar-refractivity contribution >= 4 is 28.3 Å². The smallest absolute Gasteiger partial charge is 0.257 e. The summed E-state index contributed by atoms with van der Waals surface area (Å²) >= 11 is 0. The predicted octanol–water partition coefficient (Wildman–Crippen LogP) is 2.57. The highest BCUT2D eigenvalue weighted by Crippen LogP contribution is 2.29. The lowest BCUT2D eigenvalue weighted by atomic mass is 10.0. The van der Waals surface area contributed by atoms with Crippen LogP contribution in [0.15, 0.2) is 29.4 Å². The Morgan fingerprint density at radius 3 is 2.73 bits per heavy atom. The molecule has 0 aliphatic carbocycles. The molecule has 0 fully saturated rings. The molecule has 1 amide bonds. The number of aliphatic hydroxyl groups excluding tert-OH is 1. The molecule has 5 heteroatoms. The van der Waals surface area contributed by atoms with E-state index in [0.29, 0.717) is 12.2 Å². The molecule has 1 N–H and O–H groups in total. The molecule has 1 aromatic carbocycles. The molecule has 0 bridgehead atoms. The van der Waals surface area contributed by atoms with Crippen molar-refractivity contribution in [2.75, 3.05) is 11.6 Å². The maximum Gasteiger partial charge on any atom is 0.257 e. The molecule has 1 aliphatic heterocycles. The Kier molecular flexibility index (Phi) is 3.66. The fraction of sp³-hybridized carbons (Fsp3) is 0.353. The number of pyridine rings is 1. The van der Waals surface area contributed by atoms with E-state index < -0.39 is 0 Å². The summed E-state index contributed by atoms with van der Waals surface area (Å²) in [6.07, 6.45) is 0.399. The summed E-state index contributed by atoms with van der Waals surface area (Å²) in [6, 6.07) is 7.93. The van der Waals surface area contributed by atoms with Crippen LogP contribution in [0, 0.1) is 19.8 Å². The molecule has 0 saturated carbocycles. The molecule has 0 spiro atoms. The number of hydrazone groups is 1. The lowest BCUT2D eigenvalue weighted by Crippen LogP contribution is -2.28. The first kappa shape index (κ1) is 14.7. The standard InChI is InChI=1S/C17H19N3O2/c1-10-5-4-6-13-11(2)9-15(18-16(10)13)20-17(22)14(7-8-21)12(3)19-20/h4-6,9,14,21H,7-8H2,1-3H3. The number of aromatic nitrogens is 1. The molecule has 0 saturated heterocycles. The second kappa shape index (κ2) is 5.50. The number of nitrogens with zero attached hydrogens (tertiary/aromatic N) is 3. The van der Waals surface area contributed by atoms with Crippen molar-refractivity contribution < 1.29 is 9.90 Å². The highest BCUT2D eigenvalue weighted by atomic mass is 16.3. The number of benzene rings is 1. The molecule has 22 heavy (non-hydrogen) atoms. The van der Waals surface area contributed by atoms with Crippen LogP contribution in [-0.4, -0.2) is 28.3 Å². The number of hydrogen-bond donors (Lipinski definition) is 1. The summed E-state index contributed by atoms with van der Waals surface area (Å²) in [6.45, 7) is 5.81. The van der Waals surface area contributed by atoms with E-state index in [2.05, 4.69) is 10.1 Å². The first-order valence-electron chi connectivity index (χ1n) is 7.40. The summed E-state index contributed by atoms with van der Waals surface area (Å²) in [7, 11) is 0. The van der Waals surface area contributed by atoms with Gasteiger partial charge in [-0.25, -0.2) is 4.98 Å². The van der Waals surface area contributed by atoms with Gasteiger partial charge in [0.25, 0.3) is 5.91 Å². The van der Waals surface area contributed by atoms with Crippen molar-refractivity contribution in [2.24, 2.45) is 11.0 Å². The van der Waals surface area contributed by atoms with Crippen molar-refractivity contribution in [2.45, 2.75) is 27.2 Å². The Labute approximate surface area is 129 Å². The molecule has 0 radical (unpaired) electrons. The normalized spacial score (nSPS) is 18.2. The summed E-state index contributed by atoms with van der Waals surface area (Å²) in [4.78, 5) is 17.1. The van der Waals surface area contributed by atoms with E-state index in [1.807, 2.05) is 45.0 Å². The number of hydrogen-bond acceptors (Lipinski definition) is 4. The molecule has 3 rings (SSSR count). The van der Waals surface area contributed by atoms with Gasteiger partial charge < -0.3 is 5.11 Å². The van der Waals surface area contributed by atoms with Gasteiger partial charge in [0.1, 0.15) is 0 Å². The average molecular weight is 297 g/mol. The quantitative estimate of drug-likeness (QED) is 0.947. The van der Waals surface area contributed by atoms with Crippen molar-refractivity contribution in [3.05, 3.63) is 35.4 Å². The van der Waals surface area contributed by atoms with E-state index in [-0.39, 0.29) is 18.4 Å². The van der Waals surface area contributed by atoms with E-state index in [1.54, 1.807) is 0 Å². The van der Waals surface area contributed by atoms with Gasteiger partial charge in [0.15, 0.2) is 5.82 Å². The van der Waals surface area contributed by atoms with Crippen LogP contribution < -0.4 is 5.01 Å². The molecule has 1 aromatic heterocycles. The summed E-state index contributed by atoms with van der Waals surface area (Å²) in [5.74, 6) is 0.0788. The second-order valence-electron chi connectivity index (χ2n) is 5.72. The lowest BCUT2D eigenvalue weighted by Gasteiger charge is -2.15. The van der Waals surface area contributed by atoms with Crippen LogP contribution in [0.2, 0.25) is 0 Å². The minimum absolute atomic E-state index is 0.0274. The first-order chi connectivity index (χ1) is 10.5. The number of rotatable bonds is 3. The molecule has 1 atom stereocenters. The number of para-hydroxylation sites is 1. The summed E-state index contributed by atoms with van der Waals surface area (Å²) in [5.41, 5.74) is 3.75. The zero-order valence-corrected chi connectivity index (χ0v) is 13.0. The van der Waals surface area contributed by atoms with Gasteiger partial charge in [-0.2, -0.15) is 10.1 Å². The van der Waals surface area contributed by atoms with Crippen molar-refractivity contribution in [3.63, 3.8) is 0 Å². The first-order valence-corrected chi connectivity index (χ1v) is 7.40. The van der Waals surface area contributed by atoms with Crippen LogP contribution in [0.4, 0.5) is 5.82 Å². The maximum absolute atomic E-state index is 12.5. The van der Waals surface area contributed by atoms with Crippen molar-refractivity contribution in [1.82, 2.24) is 4.98 Å². The van der Waals surface area contributed by atoms with Gasteiger partial charge >= 0.3 is 0 Å². The molecule has 2 aromatic rings. The zero-order chi connectivity index (χ0) is 15.9. The molecular formula is C17H19N3O2. The Bertz CT molecular complexity index is 783. The van der Waals surface area contributed by atoms with Crippen LogP contribution in [0.3, 0.4) is 0 Å². The molecule has 2 heterocycles. The molecule has 114 valence electrons. The monoisotopic (exact) mass is 297 g/mol. The predicted molar refractivity (Wildman–Crippen MR) is 87.0 cm³/mol. The molecule has 5 nitrogen and oxygen atoms in total. The van der Waals surface area contributed by atoms with Gasteiger partial charge in [-0.15, -0.1) is 0 Å². The number of carbonyl (C=O) groups excluding carboxylic acids is 1. The lowest BCUT2D eigenvalue weighted by molar-refractivity contribution is -0.120. The van der Waals surface area contributed by atoms with E-state index in [0.717, 1.165) is 27.7 Å². The Morgan fingerprint density at radius 1 is 1.23 bits per heavy atom. The zero-order valence-electron chi connectivity index (χ0n) is 13.0. The third kappa shape index (κ3) is 2.27. The van der Waals surface area contributed by atoms with Crippen LogP contribution in [0.25, 0.3) is 10.9 Å².